The lowest BCUT2D eigenvalue weighted by molar-refractivity contribution is -0.137. The third-order valence-electron chi connectivity index (χ3n) is 3.07. The standard InChI is InChI=1S/C16H16F3N3O/c17-16(18,19)11-22-14(23)10-21-15(12-6-2-1-3-7-12)13-8-4-5-9-20-13/h1-9,15,21H,10-11H2,(H,22,23). The van der Waals surface area contributed by atoms with Crippen LogP contribution in [0.1, 0.15) is 17.3 Å². The first-order chi connectivity index (χ1) is 11.0. The molecular formula is C16H16F3N3O. The van der Waals surface area contributed by atoms with Crippen LogP contribution in [0.2, 0.25) is 0 Å². The van der Waals surface area contributed by atoms with E-state index in [1.54, 1.807) is 18.3 Å². The monoisotopic (exact) mass is 323 g/mol. The number of nitrogens with zero attached hydrogens (tertiary/aromatic N) is 1. The Hall–Kier alpha value is -2.41. The predicted octanol–water partition coefficient (Wildman–Crippen LogP) is 2.44. The second-order valence-electron chi connectivity index (χ2n) is 4.87. The summed E-state index contributed by atoms with van der Waals surface area (Å²) in [6.45, 7) is -1.58. The molecule has 1 unspecified atom stereocenters. The molecule has 0 aliphatic rings. The van der Waals surface area contributed by atoms with Gasteiger partial charge in [0.25, 0.3) is 0 Å². The minimum atomic E-state index is -4.42. The smallest absolute Gasteiger partial charge is 0.346 e. The molecule has 0 bridgehead atoms. The number of pyridine rings is 1. The molecule has 0 saturated heterocycles. The molecule has 122 valence electrons. The maximum absolute atomic E-state index is 12.1. The van der Waals surface area contributed by atoms with Gasteiger partial charge in [0.15, 0.2) is 0 Å². The van der Waals surface area contributed by atoms with Crippen LogP contribution in [-0.4, -0.2) is 30.2 Å². The zero-order valence-electron chi connectivity index (χ0n) is 12.2. The van der Waals surface area contributed by atoms with E-state index < -0.39 is 18.6 Å². The molecular weight excluding hydrogens is 307 g/mol. The summed E-state index contributed by atoms with van der Waals surface area (Å²) in [7, 11) is 0. The van der Waals surface area contributed by atoms with Crippen LogP contribution in [0.25, 0.3) is 0 Å². The Morgan fingerprint density at radius 1 is 1.09 bits per heavy atom. The molecule has 2 rings (SSSR count). The average Bonchev–Trinajstić information content (AvgIpc) is 2.54. The van der Waals surface area contributed by atoms with E-state index >= 15 is 0 Å². The maximum atomic E-state index is 12.1. The van der Waals surface area contributed by atoms with Gasteiger partial charge < -0.3 is 5.32 Å². The van der Waals surface area contributed by atoms with Crippen LogP contribution in [-0.2, 0) is 4.79 Å². The number of halogens is 3. The molecule has 0 aliphatic carbocycles. The van der Waals surface area contributed by atoms with E-state index in [-0.39, 0.29) is 12.6 Å². The summed E-state index contributed by atoms with van der Waals surface area (Å²) in [5, 5.41) is 4.78. The number of benzene rings is 1. The first-order valence-corrected chi connectivity index (χ1v) is 6.98. The van der Waals surface area contributed by atoms with Crippen molar-refractivity contribution in [1.29, 1.82) is 0 Å². The molecule has 7 heteroatoms. The van der Waals surface area contributed by atoms with E-state index in [4.69, 9.17) is 0 Å². The average molecular weight is 323 g/mol. The van der Waals surface area contributed by atoms with E-state index in [9.17, 15) is 18.0 Å². The molecule has 0 radical (unpaired) electrons. The number of amides is 1. The molecule has 1 aromatic carbocycles. The molecule has 1 heterocycles. The van der Waals surface area contributed by atoms with Crippen molar-refractivity contribution in [2.45, 2.75) is 12.2 Å². The Bertz CT molecular complexity index is 578. The Morgan fingerprint density at radius 2 is 1.78 bits per heavy atom. The molecule has 0 saturated carbocycles. The van der Waals surface area contributed by atoms with Crippen LogP contribution in [0.4, 0.5) is 13.2 Å². The summed E-state index contributed by atoms with van der Waals surface area (Å²) < 4.78 is 36.3. The lowest BCUT2D eigenvalue weighted by atomic mass is 10.0. The molecule has 0 spiro atoms. The van der Waals surface area contributed by atoms with Gasteiger partial charge in [-0.25, -0.2) is 0 Å². The van der Waals surface area contributed by atoms with Crippen molar-refractivity contribution < 1.29 is 18.0 Å². The van der Waals surface area contributed by atoms with Crippen LogP contribution < -0.4 is 10.6 Å². The number of aromatic nitrogens is 1. The van der Waals surface area contributed by atoms with Gasteiger partial charge in [-0.3, -0.25) is 15.1 Å². The summed E-state index contributed by atoms with van der Waals surface area (Å²) in [5.41, 5.74) is 1.55. The van der Waals surface area contributed by atoms with E-state index in [0.29, 0.717) is 5.69 Å². The fourth-order valence-corrected chi connectivity index (χ4v) is 2.04. The molecule has 2 aromatic rings. The number of carbonyl (C=O) groups is 1. The highest BCUT2D eigenvalue weighted by Gasteiger charge is 2.27. The summed E-state index contributed by atoms with van der Waals surface area (Å²) in [6.07, 6.45) is -2.80. The minimum absolute atomic E-state index is 0.244. The van der Waals surface area contributed by atoms with Gasteiger partial charge in [0, 0.05) is 6.20 Å². The fraction of sp³-hybridized carbons (Fsp3) is 0.250. The van der Waals surface area contributed by atoms with Gasteiger partial charge >= 0.3 is 6.18 Å². The van der Waals surface area contributed by atoms with Crippen molar-refractivity contribution >= 4 is 5.91 Å². The topological polar surface area (TPSA) is 54.0 Å². The van der Waals surface area contributed by atoms with Crippen molar-refractivity contribution in [1.82, 2.24) is 15.6 Å². The lowest BCUT2D eigenvalue weighted by Crippen LogP contribution is -2.40. The summed E-state index contributed by atoms with van der Waals surface area (Å²) in [6, 6.07) is 14.3. The highest BCUT2D eigenvalue weighted by molar-refractivity contribution is 5.78. The van der Waals surface area contributed by atoms with Crippen molar-refractivity contribution in [2.75, 3.05) is 13.1 Å². The van der Waals surface area contributed by atoms with Crippen LogP contribution in [0.3, 0.4) is 0 Å². The first-order valence-electron chi connectivity index (χ1n) is 6.98. The van der Waals surface area contributed by atoms with Crippen LogP contribution in [0.5, 0.6) is 0 Å². The Balaban J connectivity index is 2.03. The molecule has 0 fully saturated rings. The van der Waals surface area contributed by atoms with Gasteiger partial charge in [0.1, 0.15) is 6.54 Å². The number of hydrogen-bond donors (Lipinski definition) is 2. The van der Waals surface area contributed by atoms with Gasteiger partial charge in [-0.05, 0) is 17.7 Å². The van der Waals surface area contributed by atoms with Crippen molar-refractivity contribution in [3.63, 3.8) is 0 Å². The maximum Gasteiger partial charge on any atom is 0.405 e. The fourth-order valence-electron chi connectivity index (χ4n) is 2.04. The normalized spacial score (nSPS) is 12.7. The van der Waals surface area contributed by atoms with Crippen molar-refractivity contribution in [3.05, 3.63) is 66.0 Å². The van der Waals surface area contributed by atoms with Crippen LogP contribution in [0.15, 0.2) is 54.7 Å². The van der Waals surface area contributed by atoms with Gasteiger partial charge in [-0.1, -0.05) is 36.4 Å². The third kappa shape index (κ3) is 5.71. The quantitative estimate of drug-likeness (QED) is 0.858. The Labute approximate surface area is 131 Å². The molecule has 23 heavy (non-hydrogen) atoms. The van der Waals surface area contributed by atoms with E-state index in [2.05, 4.69) is 10.3 Å². The first kappa shape index (κ1) is 17.0. The second-order valence-corrected chi connectivity index (χ2v) is 4.87. The molecule has 2 N–H and O–H groups in total. The summed E-state index contributed by atoms with van der Waals surface area (Å²) >= 11 is 0. The molecule has 1 amide bonds. The highest BCUT2D eigenvalue weighted by Crippen LogP contribution is 2.19. The number of rotatable bonds is 6. The number of nitrogens with one attached hydrogen (secondary N) is 2. The van der Waals surface area contributed by atoms with Gasteiger partial charge in [-0.2, -0.15) is 13.2 Å². The second kappa shape index (κ2) is 7.73. The third-order valence-corrected chi connectivity index (χ3v) is 3.07. The predicted molar refractivity (Wildman–Crippen MR) is 79.6 cm³/mol. The molecule has 1 atom stereocenters. The zero-order valence-corrected chi connectivity index (χ0v) is 12.2. The van der Waals surface area contributed by atoms with Crippen molar-refractivity contribution in [2.24, 2.45) is 0 Å². The lowest BCUT2D eigenvalue weighted by Gasteiger charge is -2.19. The van der Waals surface area contributed by atoms with E-state index in [0.717, 1.165) is 5.56 Å². The summed E-state index contributed by atoms with van der Waals surface area (Å²) in [4.78, 5) is 15.8. The molecule has 4 nitrogen and oxygen atoms in total. The highest BCUT2D eigenvalue weighted by atomic mass is 19.4. The molecule has 0 aliphatic heterocycles. The summed E-state index contributed by atoms with van der Waals surface area (Å²) in [5.74, 6) is -0.723. The minimum Gasteiger partial charge on any atom is -0.346 e. The molecule has 1 aromatic heterocycles. The SMILES string of the molecule is O=C(CNC(c1ccccc1)c1ccccn1)NCC(F)(F)F. The Morgan fingerprint density at radius 3 is 2.39 bits per heavy atom. The number of hydrogen-bond acceptors (Lipinski definition) is 3. The van der Waals surface area contributed by atoms with Crippen LogP contribution >= 0.6 is 0 Å². The number of alkyl halides is 3. The van der Waals surface area contributed by atoms with Crippen LogP contribution in [0, 0.1) is 0 Å². The zero-order chi connectivity index (χ0) is 16.7. The van der Waals surface area contributed by atoms with E-state index in [1.165, 1.54) is 0 Å². The Kier molecular flexibility index (Phi) is 5.70. The van der Waals surface area contributed by atoms with Crippen molar-refractivity contribution in [3.8, 4) is 0 Å². The van der Waals surface area contributed by atoms with Gasteiger partial charge in [0.2, 0.25) is 5.91 Å². The van der Waals surface area contributed by atoms with Gasteiger partial charge in [-0.15, -0.1) is 0 Å². The van der Waals surface area contributed by atoms with Gasteiger partial charge in [0.05, 0.1) is 18.3 Å². The van der Waals surface area contributed by atoms with E-state index in [1.807, 2.05) is 41.7 Å². The largest absolute Gasteiger partial charge is 0.405 e. The number of carbonyl (C=O) groups excluding carboxylic acids is 1.